The summed E-state index contributed by atoms with van der Waals surface area (Å²) in [5.41, 5.74) is 7.66. The first-order valence-electron chi connectivity index (χ1n) is 6.25. The quantitative estimate of drug-likeness (QED) is 0.869. The summed E-state index contributed by atoms with van der Waals surface area (Å²) in [5.74, 6) is 1.10. The predicted octanol–water partition coefficient (Wildman–Crippen LogP) is 2.45. The van der Waals surface area contributed by atoms with E-state index >= 15 is 0 Å². The molecule has 5 nitrogen and oxygen atoms in total. The van der Waals surface area contributed by atoms with Gasteiger partial charge in [0.15, 0.2) is 0 Å². The highest BCUT2D eigenvalue weighted by Gasteiger charge is 2.20. The van der Waals surface area contributed by atoms with E-state index in [2.05, 4.69) is 0 Å². The molecule has 0 aliphatic rings. The van der Waals surface area contributed by atoms with Crippen LogP contribution in [0.3, 0.4) is 0 Å². The number of hydrogen-bond donors (Lipinski definition) is 1. The van der Waals surface area contributed by atoms with Gasteiger partial charge < -0.3 is 19.8 Å². The fourth-order valence-corrected chi connectivity index (χ4v) is 2.04. The summed E-state index contributed by atoms with van der Waals surface area (Å²) in [6.07, 6.45) is 1.61. The van der Waals surface area contributed by atoms with Gasteiger partial charge in [0, 0.05) is 24.8 Å². The second kappa shape index (κ2) is 5.69. The number of anilines is 1. The number of hydrogen-bond acceptors (Lipinski definition) is 4. The Bertz CT molecular complexity index is 619. The van der Waals surface area contributed by atoms with Crippen LogP contribution in [0.2, 0.25) is 0 Å². The van der Waals surface area contributed by atoms with E-state index in [1.807, 2.05) is 13.0 Å². The molecule has 0 saturated carbocycles. The number of carbonyl (C=O) groups is 1. The second-order valence-corrected chi connectivity index (χ2v) is 4.59. The third-order valence-electron chi connectivity index (χ3n) is 3.21. The second-order valence-electron chi connectivity index (χ2n) is 4.59. The van der Waals surface area contributed by atoms with Gasteiger partial charge in [-0.3, -0.25) is 4.79 Å². The van der Waals surface area contributed by atoms with Gasteiger partial charge in [0.25, 0.3) is 5.91 Å². The van der Waals surface area contributed by atoms with Crippen molar-refractivity contribution in [2.45, 2.75) is 13.5 Å². The molecule has 1 aromatic carbocycles. The summed E-state index contributed by atoms with van der Waals surface area (Å²) in [4.78, 5) is 14.1. The number of rotatable bonds is 4. The Morgan fingerprint density at radius 3 is 2.75 bits per heavy atom. The van der Waals surface area contributed by atoms with Crippen LogP contribution in [0.5, 0.6) is 5.75 Å². The number of aryl methyl sites for hydroxylation is 1. The van der Waals surface area contributed by atoms with Gasteiger partial charge in [-0.25, -0.2) is 0 Å². The number of amides is 1. The number of nitrogen functional groups attached to an aromatic ring is 1. The molecule has 0 aliphatic carbocycles. The zero-order valence-corrected chi connectivity index (χ0v) is 11.8. The van der Waals surface area contributed by atoms with E-state index in [-0.39, 0.29) is 5.91 Å². The zero-order valence-electron chi connectivity index (χ0n) is 11.8. The largest absolute Gasteiger partial charge is 0.496 e. The van der Waals surface area contributed by atoms with E-state index < -0.39 is 0 Å². The third kappa shape index (κ3) is 2.61. The summed E-state index contributed by atoms with van der Waals surface area (Å²) in [5, 5.41) is 0. The number of ether oxygens (including phenoxy) is 1. The molecule has 0 unspecified atom stereocenters. The van der Waals surface area contributed by atoms with E-state index in [1.165, 1.54) is 7.11 Å². The SMILES string of the molecule is COc1cccc(N)c1C(=O)N(C)Cc1ccoc1C. The Hall–Kier alpha value is -2.43. The van der Waals surface area contributed by atoms with Crippen molar-refractivity contribution in [2.75, 3.05) is 19.9 Å². The lowest BCUT2D eigenvalue weighted by Crippen LogP contribution is -2.27. The Morgan fingerprint density at radius 1 is 1.40 bits per heavy atom. The number of nitrogens with two attached hydrogens (primary N) is 1. The lowest BCUT2D eigenvalue weighted by molar-refractivity contribution is 0.0782. The van der Waals surface area contributed by atoms with Gasteiger partial charge in [0.1, 0.15) is 17.1 Å². The van der Waals surface area contributed by atoms with Crippen LogP contribution < -0.4 is 10.5 Å². The number of benzene rings is 1. The standard InChI is InChI=1S/C15H18N2O3/c1-10-11(7-8-20-10)9-17(2)15(18)14-12(16)5-4-6-13(14)19-3/h4-8H,9,16H2,1-3H3. The van der Waals surface area contributed by atoms with Crippen LogP contribution >= 0.6 is 0 Å². The smallest absolute Gasteiger partial charge is 0.259 e. The van der Waals surface area contributed by atoms with Crippen molar-refractivity contribution in [1.82, 2.24) is 4.90 Å². The molecule has 5 heteroatoms. The lowest BCUT2D eigenvalue weighted by atomic mass is 10.1. The molecule has 1 amide bonds. The van der Waals surface area contributed by atoms with Gasteiger partial charge in [0.2, 0.25) is 0 Å². The monoisotopic (exact) mass is 274 g/mol. The topological polar surface area (TPSA) is 68.7 Å². The average Bonchev–Trinajstić information content (AvgIpc) is 2.83. The maximum absolute atomic E-state index is 12.5. The van der Waals surface area contributed by atoms with E-state index in [4.69, 9.17) is 14.9 Å². The lowest BCUT2D eigenvalue weighted by Gasteiger charge is -2.19. The fraction of sp³-hybridized carbons (Fsp3) is 0.267. The summed E-state index contributed by atoms with van der Waals surface area (Å²) in [6, 6.07) is 7.02. The summed E-state index contributed by atoms with van der Waals surface area (Å²) in [7, 11) is 3.24. The maximum Gasteiger partial charge on any atom is 0.259 e. The van der Waals surface area contributed by atoms with E-state index in [0.29, 0.717) is 23.5 Å². The molecule has 106 valence electrons. The van der Waals surface area contributed by atoms with Gasteiger partial charge in [-0.05, 0) is 25.1 Å². The Morgan fingerprint density at radius 2 is 2.15 bits per heavy atom. The Kier molecular flexibility index (Phi) is 3.98. The van der Waals surface area contributed by atoms with Crippen LogP contribution in [0.15, 0.2) is 34.9 Å². The molecule has 0 aliphatic heterocycles. The molecule has 0 spiro atoms. The van der Waals surface area contributed by atoms with Crippen LogP contribution in [-0.2, 0) is 6.54 Å². The molecule has 0 fully saturated rings. The minimum absolute atomic E-state index is 0.180. The van der Waals surface area contributed by atoms with Crippen molar-refractivity contribution in [1.29, 1.82) is 0 Å². The van der Waals surface area contributed by atoms with Gasteiger partial charge in [-0.1, -0.05) is 6.07 Å². The van der Waals surface area contributed by atoms with Crippen LogP contribution in [0.25, 0.3) is 0 Å². The summed E-state index contributed by atoms with van der Waals surface area (Å²) in [6.45, 7) is 2.32. The third-order valence-corrected chi connectivity index (χ3v) is 3.21. The van der Waals surface area contributed by atoms with E-state index in [0.717, 1.165) is 11.3 Å². The van der Waals surface area contributed by atoms with Crippen molar-refractivity contribution >= 4 is 11.6 Å². The van der Waals surface area contributed by atoms with Gasteiger partial charge >= 0.3 is 0 Å². The molecule has 2 aromatic rings. The van der Waals surface area contributed by atoms with Crippen LogP contribution in [0, 0.1) is 6.92 Å². The van der Waals surface area contributed by atoms with E-state index in [1.54, 1.807) is 36.4 Å². The van der Waals surface area contributed by atoms with Crippen LogP contribution in [0.1, 0.15) is 21.7 Å². The highest BCUT2D eigenvalue weighted by molar-refractivity contribution is 6.01. The first-order chi connectivity index (χ1) is 9.54. The molecule has 0 saturated heterocycles. The molecule has 1 aromatic heterocycles. The zero-order chi connectivity index (χ0) is 14.7. The highest BCUT2D eigenvalue weighted by Crippen LogP contribution is 2.26. The maximum atomic E-state index is 12.5. The molecular formula is C15H18N2O3. The van der Waals surface area contributed by atoms with Gasteiger partial charge in [0.05, 0.1) is 13.4 Å². The fourth-order valence-electron chi connectivity index (χ4n) is 2.04. The first kappa shape index (κ1) is 14.0. The number of methoxy groups -OCH3 is 1. The highest BCUT2D eigenvalue weighted by atomic mass is 16.5. The van der Waals surface area contributed by atoms with Crippen molar-refractivity contribution < 1.29 is 13.9 Å². The number of carbonyl (C=O) groups excluding carboxylic acids is 1. The predicted molar refractivity (Wildman–Crippen MR) is 76.6 cm³/mol. The molecule has 0 radical (unpaired) electrons. The van der Waals surface area contributed by atoms with Crippen molar-refractivity contribution in [3.8, 4) is 5.75 Å². The van der Waals surface area contributed by atoms with Gasteiger partial charge in [-0.15, -0.1) is 0 Å². The van der Waals surface area contributed by atoms with Crippen LogP contribution in [-0.4, -0.2) is 25.0 Å². The Balaban J connectivity index is 2.25. The molecule has 0 atom stereocenters. The molecule has 20 heavy (non-hydrogen) atoms. The van der Waals surface area contributed by atoms with E-state index in [9.17, 15) is 4.79 Å². The minimum Gasteiger partial charge on any atom is -0.496 e. The van der Waals surface area contributed by atoms with Crippen molar-refractivity contribution in [2.24, 2.45) is 0 Å². The average molecular weight is 274 g/mol. The van der Waals surface area contributed by atoms with Crippen molar-refractivity contribution in [3.63, 3.8) is 0 Å². The first-order valence-corrected chi connectivity index (χ1v) is 6.25. The van der Waals surface area contributed by atoms with Gasteiger partial charge in [-0.2, -0.15) is 0 Å². The Labute approximate surface area is 117 Å². The molecule has 2 rings (SSSR count). The number of furan rings is 1. The van der Waals surface area contributed by atoms with Crippen molar-refractivity contribution in [3.05, 3.63) is 47.4 Å². The summed E-state index contributed by atoms with van der Waals surface area (Å²) >= 11 is 0. The molecule has 1 heterocycles. The minimum atomic E-state index is -0.180. The molecule has 0 bridgehead atoms. The molecule has 2 N–H and O–H groups in total. The molecular weight excluding hydrogens is 256 g/mol. The normalized spacial score (nSPS) is 10.3. The van der Waals surface area contributed by atoms with Crippen LogP contribution in [0.4, 0.5) is 5.69 Å². The summed E-state index contributed by atoms with van der Waals surface area (Å²) < 4.78 is 10.4. The number of nitrogens with zero attached hydrogens (tertiary/aromatic N) is 1.